The van der Waals surface area contributed by atoms with Gasteiger partial charge in [-0.25, -0.2) is 18.6 Å². The lowest BCUT2D eigenvalue weighted by Gasteiger charge is -2.19. The summed E-state index contributed by atoms with van der Waals surface area (Å²) >= 11 is 0. The quantitative estimate of drug-likeness (QED) is 0.632. The number of amidine groups is 1. The fourth-order valence-electron chi connectivity index (χ4n) is 3.03. The molecule has 0 spiro atoms. The van der Waals surface area contributed by atoms with Gasteiger partial charge in [0.2, 0.25) is 0 Å². The Kier molecular flexibility index (Phi) is 8.30. The number of hydrogen-bond acceptors (Lipinski definition) is 4. The van der Waals surface area contributed by atoms with Gasteiger partial charge in [0.05, 0.1) is 5.69 Å². The summed E-state index contributed by atoms with van der Waals surface area (Å²) < 4.78 is 28.2. The number of hydrogen-bond donors (Lipinski definition) is 2. The highest BCUT2D eigenvalue weighted by Crippen LogP contribution is 2.28. The molecule has 0 atom stereocenters. The Labute approximate surface area is 189 Å². The maximum atomic E-state index is 14.6. The third-order valence-electron chi connectivity index (χ3n) is 5.15. The molecule has 0 saturated carbocycles. The standard InChI is InChI=1S/C24H33F2N5O/c1-15-10-20(17(3)29-14-31(7)18(4)28-13-15)19-12-22(21(25)11-16(19)2)30-23(32)27-9-8-24(5,6)26/h10-13H,8-9,14H2,1-7H3,(H2,27,30,32)/b15-13+,20-10+,28-18?,29-17-. The predicted octanol–water partition coefficient (Wildman–Crippen LogP) is 5.46. The van der Waals surface area contributed by atoms with Crippen LogP contribution in [0.4, 0.5) is 19.3 Å². The number of nitrogens with one attached hydrogen (secondary N) is 2. The summed E-state index contributed by atoms with van der Waals surface area (Å²) in [6.45, 7) is 11.0. The molecule has 0 fully saturated rings. The van der Waals surface area contributed by atoms with Crippen LogP contribution in [0.3, 0.4) is 0 Å². The van der Waals surface area contributed by atoms with Gasteiger partial charge in [0.15, 0.2) is 0 Å². The van der Waals surface area contributed by atoms with Crippen molar-refractivity contribution in [3.63, 3.8) is 0 Å². The van der Waals surface area contributed by atoms with Crippen molar-refractivity contribution in [3.05, 3.63) is 46.9 Å². The van der Waals surface area contributed by atoms with Crippen molar-refractivity contribution in [2.24, 2.45) is 9.98 Å². The van der Waals surface area contributed by atoms with Gasteiger partial charge in [0.25, 0.3) is 0 Å². The number of carbonyl (C=O) groups is 1. The third kappa shape index (κ3) is 7.28. The van der Waals surface area contributed by atoms with Crippen molar-refractivity contribution < 1.29 is 13.6 Å². The Morgan fingerprint density at radius 1 is 1.22 bits per heavy atom. The molecule has 32 heavy (non-hydrogen) atoms. The van der Waals surface area contributed by atoms with Crippen molar-refractivity contribution in [2.45, 2.75) is 53.6 Å². The average Bonchev–Trinajstić information content (AvgIpc) is 2.68. The zero-order chi connectivity index (χ0) is 24.1. The van der Waals surface area contributed by atoms with Crippen LogP contribution in [0.5, 0.6) is 0 Å². The van der Waals surface area contributed by atoms with Crippen molar-refractivity contribution in [1.82, 2.24) is 10.2 Å². The molecule has 0 unspecified atom stereocenters. The number of carbonyl (C=O) groups excluding carboxylic acids is 1. The molecule has 1 aromatic carbocycles. The van der Waals surface area contributed by atoms with E-state index in [0.717, 1.165) is 28.3 Å². The summed E-state index contributed by atoms with van der Waals surface area (Å²) in [6, 6.07) is 2.40. The highest BCUT2D eigenvalue weighted by Gasteiger charge is 2.17. The lowest BCUT2D eigenvalue weighted by molar-refractivity contribution is 0.200. The van der Waals surface area contributed by atoms with E-state index in [1.807, 2.05) is 45.7 Å². The summed E-state index contributed by atoms with van der Waals surface area (Å²) in [6.07, 6.45) is 3.89. The summed E-state index contributed by atoms with van der Waals surface area (Å²) in [5.74, 6) is 0.305. The number of allylic oxidation sites excluding steroid dienone is 3. The number of anilines is 1. The van der Waals surface area contributed by atoms with E-state index in [0.29, 0.717) is 12.2 Å². The largest absolute Gasteiger partial charge is 0.344 e. The topological polar surface area (TPSA) is 69.1 Å². The Morgan fingerprint density at radius 2 is 1.91 bits per heavy atom. The van der Waals surface area contributed by atoms with E-state index in [9.17, 15) is 13.6 Å². The molecule has 1 heterocycles. The predicted molar refractivity (Wildman–Crippen MR) is 129 cm³/mol. The smallest absolute Gasteiger partial charge is 0.319 e. The first-order chi connectivity index (χ1) is 14.9. The van der Waals surface area contributed by atoms with Crippen LogP contribution in [-0.4, -0.2) is 48.4 Å². The highest BCUT2D eigenvalue weighted by molar-refractivity contribution is 6.23. The first-order valence-corrected chi connectivity index (χ1v) is 10.6. The molecule has 0 aliphatic carbocycles. The second-order valence-electron chi connectivity index (χ2n) is 8.69. The Balaban J connectivity index is 2.38. The molecule has 2 amide bonds. The molecular formula is C24H33F2N5O. The van der Waals surface area contributed by atoms with Gasteiger partial charge in [-0.05, 0) is 82.9 Å². The van der Waals surface area contributed by atoms with E-state index in [1.165, 1.54) is 19.9 Å². The molecule has 0 radical (unpaired) electrons. The van der Waals surface area contributed by atoms with Crippen molar-refractivity contribution in [3.8, 4) is 0 Å². The normalized spacial score (nSPS) is 20.2. The van der Waals surface area contributed by atoms with Crippen LogP contribution in [-0.2, 0) is 0 Å². The molecule has 0 saturated heterocycles. The summed E-state index contributed by atoms with van der Waals surface area (Å²) in [4.78, 5) is 23.3. The molecule has 174 valence electrons. The molecular weight excluding hydrogens is 412 g/mol. The minimum absolute atomic E-state index is 0.0426. The maximum absolute atomic E-state index is 14.6. The lowest BCUT2D eigenvalue weighted by Crippen LogP contribution is -2.32. The number of aliphatic imine (C=N–C) groups is 2. The SMILES string of the molecule is CC1=N/C=C(C)/C=C(c2cc(NC(=O)NCCC(C)(C)F)c(F)cc2C)\C(C)=N/CN1C. The van der Waals surface area contributed by atoms with Crippen molar-refractivity contribution >= 4 is 28.8 Å². The van der Waals surface area contributed by atoms with E-state index in [1.54, 1.807) is 12.3 Å². The van der Waals surface area contributed by atoms with Gasteiger partial charge in [0.1, 0.15) is 24.0 Å². The number of aryl methyl sites for hydroxylation is 1. The average molecular weight is 446 g/mol. The molecule has 0 aromatic heterocycles. The first-order valence-electron chi connectivity index (χ1n) is 10.6. The Bertz CT molecular complexity index is 987. The number of urea groups is 1. The van der Waals surface area contributed by atoms with E-state index < -0.39 is 17.5 Å². The molecule has 2 rings (SSSR count). The molecule has 2 N–H and O–H groups in total. The second kappa shape index (κ2) is 10.5. The summed E-state index contributed by atoms with van der Waals surface area (Å²) in [7, 11) is 1.91. The van der Waals surface area contributed by atoms with E-state index in [-0.39, 0.29) is 18.7 Å². The number of rotatable bonds is 5. The van der Waals surface area contributed by atoms with Gasteiger partial charge in [0, 0.05) is 31.1 Å². The van der Waals surface area contributed by atoms with Gasteiger partial charge in [-0.3, -0.25) is 4.99 Å². The molecule has 0 bridgehead atoms. The van der Waals surface area contributed by atoms with Gasteiger partial charge >= 0.3 is 6.03 Å². The molecule has 8 heteroatoms. The fourth-order valence-corrected chi connectivity index (χ4v) is 3.03. The van der Waals surface area contributed by atoms with E-state index in [4.69, 9.17) is 0 Å². The maximum Gasteiger partial charge on any atom is 0.319 e. The molecule has 1 aromatic rings. The third-order valence-corrected chi connectivity index (χ3v) is 5.15. The van der Waals surface area contributed by atoms with Gasteiger partial charge in [-0.15, -0.1) is 0 Å². The van der Waals surface area contributed by atoms with E-state index >= 15 is 0 Å². The zero-order valence-electron chi connectivity index (χ0n) is 19.9. The van der Waals surface area contributed by atoms with Crippen LogP contribution < -0.4 is 10.6 Å². The molecule has 1 aliphatic heterocycles. The van der Waals surface area contributed by atoms with Crippen LogP contribution >= 0.6 is 0 Å². The van der Waals surface area contributed by atoms with Crippen molar-refractivity contribution in [2.75, 3.05) is 25.6 Å². The van der Waals surface area contributed by atoms with Gasteiger partial charge < -0.3 is 15.5 Å². The Morgan fingerprint density at radius 3 is 2.56 bits per heavy atom. The van der Waals surface area contributed by atoms with Crippen LogP contribution in [0, 0.1) is 12.7 Å². The highest BCUT2D eigenvalue weighted by atomic mass is 19.1. The van der Waals surface area contributed by atoms with Crippen molar-refractivity contribution in [1.29, 1.82) is 0 Å². The fraction of sp³-hybridized carbons (Fsp3) is 0.458. The number of alkyl halides is 1. The van der Waals surface area contributed by atoms with Crippen LogP contribution in [0.25, 0.3) is 5.57 Å². The number of halogens is 2. The van der Waals surface area contributed by atoms with Crippen LogP contribution in [0.15, 0.2) is 40.0 Å². The first kappa shape index (κ1) is 25.2. The number of benzene rings is 1. The summed E-state index contributed by atoms with van der Waals surface area (Å²) in [5, 5.41) is 5.10. The van der Waals surface area contributed by atoms with Crippen LogP contribution in [0.1, 0.15) is 52.2 Å². The van der Waals surface area contributed by atoms with E-state index in [2.05, 4.69) is 20.6 Å². The summed E-state index contributed by atoms with van der Waals surface area (Å²) in [5.41, 5.74) is 2.64. The molecule has 1 aliphatic rings. The molecule has 6 nitrogen and oxygen atoms in total. The second-order valence-corrected chi connectivity index (χ2v) is 8.69. The number of amides is 2. The Hall–Kier alpha value is -3.03. The van der Waals surface area contributed by atoms with Crippen LogP contribution in [0.2, 0.25) is 0 Å². The van der Waals surface area contributed by atoms with Gasteiger partial charge in [-0.2, -0.15) is 0 Å². The lowest BCUT2D eigenvalue weighted by atomic mass is 9.94. The minimum Gasteiger partial charge on any atom is -0.344 e. The van der Waals surface area contributed by atoms with Gasteiger partial charge in [-0.1, -0.05) is 0 Å². The minimum atomic E-state index is -1.39. The zero-order valence-corrected chi connectivity index (χ0v) is 19.9. The number of nitrogens with zero attached hydrogens (tertiary/aromatic N) is 3. The monoisotopic (exact) mass is 445 g/mol.